The number of nitrogens with one attached hydrogen (secondary N) is 1. The number of aliphatic hydroxyl groups excluding tert-OH is 1. The maximum atomic E-state index is 14.4. The summed E-state index contributed by atoms with van der Waals surface area (Å²) in [5.41, 5.74) is 1.48. The van der Waals surface area contributed by atoms with E-state index in [4.69, 9.17) is 4.74 Å². The van der Waals surface area contributed by atoms with Crippen LogP contribution in [0.3, 0.4) is 0 Å². The number of hydrogen-bond acceptors (Lipinski definition) is 8. The zero-order valence-corrected chi connectivity index (χ0v) is 24.3. The number of sulfonamides is 1. The van der Waals surface area contributed by atoms with E-state index in [0.29, 0.717) is 5.56 Å². The van der Waals surface area contributed by atoms with Crippen molar-refractivity contribution in [2.75, 3.05) is 44.7 Å². The number of anilines is 1. The van der Waals surface area contributed by atoms with Gasteiger partial charge in [-0.3, -0.25) is 0 Å². The number of rotatable bonds is 7. The van der Waals surface area contributed by atoms with Crippen LogP contribution >= 0.6 is 0 Å². The maximum absolute atomic E-state index is 14.4. The van der Waals surface area contributed by atoms with E-state index in [-0.39, 0.29) is 24.6 Å². The molecule has 2 N–H and O–H groups in total. The van der Waals surface area contributed by atoms with Crippen molar-refractivity contribution in [3.63, 3.8) is 0 Å². The van der Waals surface area contributed by atoms with Gasteiger partial charge in [0.1, 0.15) is 22.5 Å². The molecule has 0 aliphatic carbocycles. The molecule has 0 amide bonds. The van der Waals surface area contributed by atoms with Crippen LogP contribution in [0, 0.1) is 5.82 Å². The number of aliphatic hydroxyl groups is 1. The number of benzene rings is 2. The second kappa shape index (κ2) is 11.8. The summed E-state index contributed by atoms with van der Waals surface area (Å²) in [4.78, 5) is 13.6. The molecule has 0 radical (unpaired) electrons. The van der Waals surface area contributed by atoms with Crippen molar-refractivity contribution >= 4 is 21.9 Å². The van der Waals surface area contributed by atoms with Crippen LogP contribution in [0.25, 0.3) is 11.1 Å². The van der Waals surface area contributed by atoms with Crippen molar-refractivity contribution in [3.05, 3.63) is 83.8 Å². The summed E-state index contributed by atoms with van der Waals surface area (Å²) in [6.45, 7) is 7.01. The predicted molar refractivity (Wildman–Crippen MR) is 158 cm³/mol. The molecule has 0 saturated carbocycles. The van der Waals surface area contributed by atoms with Crippen LogP contribution < -0.4 is 9.62 Å². The van der Waals surface area contributed by atoms with E-state index in [0.717, 1.165) is 43.1 Å². The molecule has 2 aliphatic rings. The van der Waals surface area contributed by atoms with Gasteiger partial charge in [-0.25, -0.2) is 27.5 Å². The van der Waals surface area contributed by atoms with Crippen molar-refractivity contribution in [1.82, 2.24) is 14.6 Å². The van der Waals surface area contributed by atoms with Crippen molar-refractivity contribution in [2.24, 2.45) is 4.99 Å². The third kappa shape index (κ3) is 6.37. The van der Waals surface area contributed by atoms with E-state index in [1.165, 1.54) is 6.07 Å². The third-order valence-electron chi connectivity index (χ3n) is 7.59. The second-order valence-corrected chi connectivity index (χ2v) is 12.8. The van der Waals surface area contributed by atoms with Gasteiger partial charge in [0.05, 0.1) is 6.04 Å². The monoisotopic (exact) mass is 581 g/mol. The molecule has 2 saturated heterocycles. The third-order valence-corrected chi connectivity index (χ3v) is 9.51. The van der Waals surface area contributed by atoms with Crippen LogP contribution in [0.15, 0.2) is 71.9 Å². The van der Waals surface area contributed by atoms with Crippen LogP contribution in [-0.2, 0) is 14.8 Å². The molecule has 0 spiro atoms. The first-order chi connectivity index (χ1) is 19.6. The Balaban J connectivity index is 1.34. The number of hydrogen-bond donors (Lipinski definition) is 2. The Bertz CT molecular complexity index is 1490. The van der Waals surface area contributed by atoms with Crippen molar-refractivity contribution < 1.29 is 22.7 Å². The summed E-state index contributed by atoms with van der Waals surface area (Å²) >= 11 is 0. The second-order valence-electron chi connectivity index (χ2n) is 11.0. The largest absolute Gasteiger partial charge is 0.457 e. The van der Waals surface area contributed by atoms with Gasteiger partial charge in [0.2, 0.25) is 10.0 Å². The summed E-state index contributed by atoms with van der Waals surface area (Å²) in [5, 5.41) is 8.50. The maximum Gasteiger partial charge on any atom is 0.299 e. The van der Waals surface area contributed by atoms with Crippen LogP contribution in [0.5, 0.6) is 0 Å². The fourth-order valence-electron chi connectivity index (χ4n) is 5.44. The Kier molecular flexibility index (Phi) is 8.30. The standard InChI is InChI=1S/C30H36FN5O4S/c1-30(2)28(41(38,39)34-29(40-30)33-26(14-19-37)24-6-4-5-7-25(24)31)22-10-8-21(9-11-22)23-12-13-27(32-20-23)36-17-15-35(3)16-18-36/h4-13,20,26,28,37H,14-19H2,1-3H3,(H,33,34). The van der Waals surface area contributed by atoms with Gasteiger partial charge in [-0.1, -0.05) is 42.5 Å². The molecular weight excluding hydrogens is 545 g/mol. The molecule has 3 aromatic rings. The number of likely N-dealkylation sites (N-methyl/N-ethyl adjacent to an activating group) is 1. The van der Waals surface area contributed by atoms with Gasteiger partial charge in [-0.15, -0.1) is 0 Å². The number of halogens is 1. The first kappa shape index (κ1) is 29.0. The highest BCUT2D eigenvalue weighted by Gasteiger charge is 2.48. The minimum Gasteiger partial charge on any atom is -0.457 e. The predicted octanol–water partition coefficient (Wildman–Crippen LogP) is 3.89. The molecule has 0 bridgehead atoms. The lowest BCUT2D eigenvalue weighted by Gasteiger charge is -2.39. The van der Waals surface area contributed by atoms with Crippen LogP contribution in [0.1, 0.15) is 42.7 Å². The van der Waals surface area contributed by atoms with Crippen molar-refractivity contribution in [2.45, 2.75) is 37.2 Å². The first-order valence-electron chi connectivity index (χ1n) is 13.7. The van der Waals surface area contributed by atoms with Gasteiger partial charge in [-0.2, -0.15) is 0 Å². The minimum atomic E-state index is -3.97. The van der Waals surface area contributed by atoms with Gasteiger partial charge in [0, 0.05) is 50.1 Å². The lowest BCUT2D eigenvalue weighted by Crippen LogP contribution is -2.53. The Hall–Kier alpha value is -3.54. The summed E-state index contributed by atoms with van der Waals surface area (Å²) in [6, 6.07) is 16.4. The highest BCUT2D eigenvalue weighted by atomic mass is 32.2. The number of aromatic nitrogens is 1. The quantitative estimate of drug-likeness (QED) is 0.436. The molecule has 2 unspecified atom stereocenters. The Morgan fingerprint density at radius 2 is 1.76 bits per heavy atom. The van der Waals surface area contributed by atoms with Gasteiger partial charge in [-0.05, 0) is 56.6 Å². The Morgan fingerprint density at radius 3 is 2.37 bits per heavy atom. The van der Waals surface area contributed by atoms with E-state index in [1.54, 1.807) is 44.2 Å². The minimum absolute atomic E-state index is 0.103. The average molecular weight is 582 g/mol. The summed E-state index contributed by atoms with van der Waals surface area (Å²) in [7, 11) is -1.85. The lowest BCUT2D eigenvalue weighted by molar-refractivity contribution is 0.0758. The van der Waals surface area contributed by atoms with E-state index in [2.05, 4.69) is 31.5 Å². The zero-order valence-electron chi connectivity index (χ0n) is 23.5. The molecule has 2 aromatic carbocycles. The average Bonchev–Trinajstić information content (AvgIpc) is 2.93. The molecule has 5 rings (SSSR count). The normalized spacial score (nSPS) is 22.1. The smallest absolute Gasteiger partial charge is 0.299 e. The molecule has 2 fully saturated rings. The van der Waals surface area contributed by atoms with Crippen LogP contribution in [-0.4, -0.2) is 74.9 Å². The summed E-state index contributed by atoms with van der Waals surface area (Å²) in [6.07, 6.45) is 1.95. The lowest BCUT2D eigenvalue weighted by atomic mass is 9.95. The van der Waals surface area contributed by atoms with Gasteiger partial charge in [0.15, 0.2) is 0 Å². The number of piperazine rings is 1. The van der Waals surface area contributed by atoms with Crippen LogP contribution in [0.2, 0.25) is 0 Å². The van der Waals surface area contributed by atoms with Crippen molar-refractivity contribution in [3.8, 4) is 11.1 Å². The molecule has 1 aromatic heterocycles. The van der Waals surface area contributed by atoms with Crippen LogP contribution in [0.4, 0.5) is 10.2 Å². The summed E-state index contributed by atoms with van der Waals surface area (Å²) in [5.74, 6) is 0.459. The highest BCUT2D eigenvalue weighted by molar-refractivity contribution is 7.90. The number of amidine groups is 1. The number of ether oxygens (including phenoxy) is 1. The summed E-state index contributed by atoms with van der Waals surface area (Å²) < 4.78 is 49.9. The molecule has 2 atom stereocenters. The molecule has 41 heavy (non-hydrogen) atoms. The topological polar surface area (TPSA) is 107 Å². The zero-order chi connectivity index (χ0) is 29.2. The molecule has 218 valence electrons. The highest BCUT2D eigenvalue weighted by Crippen LogP contribution is 2.40. The van der Waals surface area contributed by atoms with E-state index in [9.17, 15) is 17.9 Å². The number of nitrogens with zero attached hydrogens (tertiary/aromatic N) is 4. The van der Waals surface area contributed by atoms with Gasteiger partial charge in [0.25, 0.3) is 6.02 Å². The molecular formula is C30H36FN5O4S. The van der Waals surface area contributed by atoms with E-state index < -0.39 is 32.7 Å². The van der Waals surface area contributed by atoms with Crippen molar-refractivity contribution in [1.29, 1.82) is 0 Å². The number of pyridine rings is 1. The van der Waals surface area contributed by atoms with Gasteiger partial charge >= 0.3 is 0 Å². The molecule has 2 aliphatic heterocycles. The molecule has 9 nitrogen and oxygen atoms in total. The fourth-order valence-corrected chi connectivity index (χ4v) is 7.21. The van der Waals surface area contributed by atoms with E-state index in [1.807, 2.05) is 30.5 Å². The Labute approximate surface area is 240 Å². The SMILES string of the molecule is CN1CCN(c2ccc(-c3ccc(C4C(C)(C)OC(=NC(CCO)c5ccccc5F)NS4(=O)=O)cc3)cn2)CC1. The van der Waals surface area contributed by atoms with E-state index >= 15 is 0 Å². The molecule has 3 heterocycles. The first-order valence-corrected chi connectivity index (χ1v) is 15.3. The number of aliphatic imine (C=N–C) groups is 1. The fraction of sp³-hybridized carbons (Fsp3) is 0.400. The Morgan fingerprint density at radius 1 is 1.07 bits per heavy atom. The van der Waals surface area contributed by atoms with Gasteiger partial charge < -0.3 is 19.6 Å². The molecule has 11 heteroatoms.